The topological polar surface area (TPSA) is 78.2 Å². The van der Waals surface area contributed by atoms with Crippen LogP contribution >= 0.6 is 0 Å². The van der Waals surface area contributed by atoms with Crippen LogP contribution in [0.25, 0.3) is 0 Å². The molecule has 0 saturated carbocycles. The van der Waals surface area contributed by atoms with Gasteiger partial charge >= 0.3 is 0 Å². The Morgan fingerprint density at radius 3 is 2.05 bits per heavy atom. The smallest absolute Gasteiger partial charge is 0.294 e. The fraction of sp³-hybridized carbons (Fsp3) is 0.562. The van der Waals surface area contributed by atoms with Crippen molar-refractivity contribution in [1.29, 1.82) is 5.26 Å². The maximum atomic E-state index is 10.5. The molecule has 2 rings (SSSR count). The van der Waals surface area contributed by atoms with Gasteiger partial charge in [0.15, 0.2) is 6.54 Å². The molecule has 1 heterocycles. The van der Waals surface area contributed by atoms with E-state index in [1.54, 1.807) is 12.1 Å². The van der Waals surface area contributed by atoms with Crippen molar-refractivity contribution in [3.8, 4) is 6.07 Å². The van der Waals surface area contributed by atoms with Crippen LogP contribution in [0.1, 0.15) is 31.2 Å². The lowest BCUT2D eigenvalue weighted by Gasteiger charge is -2.30. The van der Waals surface area contributed by atoms with Crippen LogP contribution in [0, 0.1) is 18.3 Å². The summed E-state index contributed by atoms with van der Waals surface area (Å²) in [5.74, 6) is 0. The number of benzene rings is 1. The predicted octanol–water partition coefficient (Wildman–Crippen LogP) is 2.77. The van der Waals surface area contributed by atoms with Crippen molar-refractivity contribution < 1.29 is 17.5 Å². The predicted molar refractivity (Wildman–Crippen MR) is 85.9 cm³/mol. The molecule has 1 aromatic carbocycles. The third-order valence-corrected chi connectivity index (χ3v) is 4.79. The minimum Gasteiger partial charge on any atom is -0.314 e. The van der Waals surface area contributed by atoms with Crippen LogP contribution in [0.3, 0.4) is 0 Å². The zero-order valence-electron chi connectivity index (χ0n) is 13.3. The first-order chi connectivity index (χ1) is 10.3. The summed E-state index contributed by atoms with van der Waals surface area (Å²) in [5.41, 5.74) is 0.956. The Kier molecular flexibility index (Phi) is 7.01. The molecule has 0 aromatic heterocycles. The maximum Gasteiger partial charge on any atom is 0.294 e. The Bertz CT molecular complexity index is 595. The number of aryl methyl sites for hydroxylation is 1. The van der Waals surface area contributed by atoms with E-state index in [1.165, 1.54) is 50.9 Å². The average molecular weight is 325 g/mol. The Balaban J connectivity index is 0.000000220. The monoisotopic (exact) mass is 325 g/mol. The summed E-state index contributed by atoms with van der Waals surface area (Å²) in [7, 11) is -1.82. The Labute approximate surface area is 133 Å². The number of quaternary nitrogens is 1. The summed E-state index contributed by atoms with van der Waals surface area (Å²) in [4.78, 5) is -0.0666. The van der Waals surface area contributed by atoms with Crippen LogP contribution in [0.2, 0.25) is 0 Å². The lowest BCUT2D eigenvalue weighted by atomic mass is 10.2. The van der Waals surface area contributed by atoms with Crippen LogP contribution in [0.4, 0.5) is 0 Å². The zero-order chi connectivity index (χ0) is 16.6. The summed E-state index contributed by atoms with van der Waals surface area (Å²) in [6.07, 6.45) is 5.33. The van der Waals surface area contributed by atoms with E-state index in [0.717, 1.165) is 10.0 Å². The lowest BCUT2D eigenvalue weighted by molar-refractivity contribution is -0.902. The van der Waals surface area contributed by atoms with E-state index in [1.807, 2.05) is 6.92 Å². The maximum absolute atomic E-state index is 10.5. The van der Waals surface area contributed by atoms with Gasteiger partial charge in [-0.3, -0.25) is 4.55 Å². The molecule has 5 nitrogen and oxygen atoms in total. The summed E-state index contributed by atoms with van der Waals surface area (Å²) in [6, 6.07) is 8.27. The van der Waals surface area contributed by atoms with Gasteiger partial charge in [0.2, 0.25) is 0 Å². The molecule has 1 aliphatic heterocycles. The highest BCUT2D eigenvalue weighted by molar-refractivity contribution is 7.85. The summed E-state index contributed by atoms with van der Waals surface area (Å²) < 4.78 is 30.5. The molecule has 0 atom stereocenters. The number of hydrogen-bond donors (Lipinski definition) is 1. The van der Waals surface area contributed by atoms with Crippen molar-refractivity contribution >= 4 is 10.1 Å². The van der Waals surface area contributed by atoms with E-state index in [-0.39, 0.29) is 4.90 Å². The Morgan fingerprint density at radius 1 is 1.14 bits per heavy atom. The molecule has 1 fully saturated rings. The average Bonchev–Trinajstić information content (AvgIpc) is 2.64. The molecule has 22 heavy (non-hydrogen) atoms. The van der Waals surface area contributed by atoms with Gasteiger partial charge in [-0.15, -0.1) is 0 Å². The van der Waals surface area contributed by atoms with Gasteiger partial charge in [0.05, 0.1) is 25.0 Å². The van der Waals surface area contributed by atoms with Crippen molar-refractivity contribution in [2.24, 2.45) is 0 Å². The summed E-state index contributed by atoms with van der Waals surface area (Å²) >= 11 is 0. The van der Waals surface area contributed by atoms with E-state index in [2.05, 4.69) is 13.1 Å². The van der Waals surface area contributed by atoms with Crippen LogP contribution in [0.15, 0.2) is 29.2 Å². The highest BCUT2D eigenvalue weighted by Gasteiger charge is 2.22. The third-order valence-electron chi connectivity index (χ3n) is 3.92. The number of nitriles is 1. The number of hydrogen-bond acceptors (Lipinski definition) is 3. The Morgan fingerprint density at radius 2 is 1.64 bits per heavy atom. The normalized spacial score (nSPS) is 17.5. The van der Waals surface area contributed by atoms with Crippen LogP contribution < -0.4 is 0 Å². The van der Waals surface area contributed by atoms with Gasteiger partial charge in [0.1, 0.15) is 6.07 Å². The number of likely N-dealkylation sites (tertiary alicyclic amines) is 1. The second-order valence-electron chi connectivity index (χ2n) is 6.09. The van der Waals surface area contributed by atoms with E-state index in [9.17, 15) is 8.42 Å². The molecule has 1 N–H and O–H groups in total. The van der Waals surface area contributed by atoms with E-state index in [0.29, 0.717) is 6.54 Å². The second kappa shape index (κ2) is 8.28. The minimum absolute atomic E-state index is 0.0666. The zero-order valence-corrected chi connectivity index (χ0v) is 14.1. The van der Waals surface area contributed by atoms with Crippen LogP contribution in [0.5, 0.6) is 0 Å². The standard InChI is InChI=1S/C9H17N2.C7H8O3S/c1-11(9-6-10)7-4-2-3-5-8-11;1-6-2-4-7(5-3-6)11(8,9)10/h2-5,7-9H2,1H3;2-5H,1H3,(H,8,9,10)/q+1;. The highest BCUT2D eigenvalue weighted by Crippen LogP contribution is 2.15. The van der Waals surface area contributed by atoms with Crippen molar-refractivity contribution in [2.75, 3.05) is 26.7 Å². The van der Waals surface area contributed by atoms with Crippen LogP contribution in [-0.4, -0.2) is 44.1 Å². The van der Waals surface area contributed by atoms with Gasteiger partial charge in [-0.25, -0.2) is 0 Å². The quantitative estimate of drug-likeness (QED) is 0.515. The van der Waals surface area contributed by atoms with Crippen molar-refractivity contribution in [3.05, 3.63) is 29.8 Å². The lowest BCUT2D eigenvalue weighted by Crippen LogP contribution is -2.44. The minimum atomic E-state index is -4.02. The first-order valence-electron chi connectivity index (χ1n) is 7.51. The molecule has 0 bridgehead atoms. The number of nitrogens with zero attached hydrogens (tertiary/aromatic N) is 2. The SMILES string of the molecule is C[N+]1(CC#N)CCCCCC1.Cc1ccc(S(=O)(=O)O)cc1. The first kappa shape index (κ1) is 18.6. The van der Waals surface area contributed by atoms with Gasteiger partial charge < -0.3 is 4.48 Å². The van der Waals surface area contributed by atoms with E-state index < -0.39 is 10.1 Å². The van der Waals surface area contributed by atoms with Crippen molar-refractivity contribution in [1.82, 2.24) is 0 Å². The largest absolute Gasteiger partial charge is 0.314 e. The molecule has 0 radical (unpaired) electrons. The molecule has 0 amide bonds. The number of rotatable bonds is 2. The van der Waals surface area contributed by atoms with E-state index >= 15 is 0 Å². The third kappa shape index (κ3) is 6.56. The molecule has 0 spiro atoms. The van der Waals surface area contributed by atoms with Gasteiger partial charge in [0.25, 0.3) is 10.1 Å². The first-order valence-corrected chi connectivity index (χ1v) is 8.95. The van der Waals surface area contributed by atoms with Gasteiger partial charge in [-0.1, -0.05) is 17.7 Å². The van der Waals surface area contributed by atoms with Crippen LogP contribution in [-0.2, 0) is 10.1 Å². The molecule has 6 heteroatoms. The molecule has 0 unspecified atom stereocenters. The summed E-state index contributed by atoms with van der Waals surface area (Å²) in [6.45, 7) is 4.94. The fourth-order valence-electron chi connectivity index (χ4n) is 2.49. The van der Waals surface area contributed by atoms with Gasteiger partial charge in [0, 0.05) is 0 Å². The molecular formula is C16H25N2O3S+. The molecule has 1 saturated heterocycles. The molecular weight excluding hydrogens is 300 g/mol. The van der Waals surface area contributed by atoms with Gasteiger partial charge in [-0.05, 0) is 44.7 Å². The molecule has 0 aliphatic carbocycles. The molecule has 1 aromatic rings. The van der Waals surface area contributed by atoms with E-state index in [4.69, 9.17) is 9.81 Å². The second-order valence-corrected chi connectivity index (χ2v) is 7.51. The fourth-order valence-corrected chi connectivity index (χ4v) is 2.97. The summed E-state index contributed by atoms with van der Waals surface area (Å²) in [5, 5.41) is 8.61. The van der Waals surface area contributed by atoms with Crippen molar-refractivity contribution in [2.45, 2.75) is 37.5 Å². The molecule has 122 valence electrons. The Hall–Kier alpha value is -1.42. The van der Waals surface area contributed by atoms with Gasteiger partial charge in [-0.2, -0.15) is 13.7 Å². The van der Waals surface area contributed by atoms with Crippen molar-refractivity contribution in [3.63, 3.8) is 0 Å². The highest BCUT2D eigenvalue weighted by atomic mass is 32.2. The molecule has 1 aliphatic rings.